The lowest BCUT2D eigenvalue weighted by Gasteiger charge is -2.02. The number of ether oxygens (including phenoxy) is 1. The third kappa shape index (κ3) is 3.78. The lowest BCUT2D eigenvalue weighted by atomic mass is 10.7. The second kappa shape index (κ2) is 4.62. The standard InChI is InChI=1S/C3H5ClO5S/c1-8-3(5)2(4)9-10(6)7/h2H,1H3,(H,6,7). The molecule has 0 aliphatic heterocycles. The molecular formula is C3H5ClO5S. The molecule has 0 radical (unpaired) electrons. The first-order chi connectivity index (χ1) is 4.57. The number of carbonyl (C=O) groups excluding carboxylic acids is 1. The molecule has 0 bridgehead atoms. The van der Waals surface area contributed by atoms with Crippen molar-refractivity contribution in [3.63, 3.8) is 0 Å². The highest BCUT2D eigenvalue weighted by atomic mass is 35.5. The third-order valence-electron chi connectivity index (χ3n) is 0.553. The van der Waals surface area contributed by atoms with Gasteiger partial charge in [0.25, 0.3) is 0 Å². The van der Waals surface area contributed by atoms with Gasteiger partial charge in [0, 0.05) is 0 Å². The summed E-state index contributed by atoms with van der Waals surface area (Å²) in [7, 11) is 1.08. The van der Waals surface area contributed by atoms with Crippen LogP contribution in [0.2, 0.25) is 0 Å². The predicted molar refractivity (Wildman–Crippen MR) is 33.5 cm³/mol. The van der Waals surface area contributed by atoms with Crippen LogP contribution in [0.1, 0.15) is 0 Å². The lowest BCUT2D eigenvalue weighted by molar-refractivity contribution is -0.144. The van der Waals surface area contributed by atoms with Crippen LogP contribution in [0.4, 0.5) is 0 Å². The van der Waals surface area contributed by atoms with Gasteiger partial charge in [-0.2, -0.15) is 4.21 Å². The predicted octanol–water partition coefficient (Wildman–Crippen LogP) is -0.122. The SMILES string of the molecule is COC(=O)C(Cl)OS(=O)O. The molecule has 0 spiro atoms. The van der Waals surface area contributed by atoms with E-state index in [2.05, 4.69) is 8.92 Å². The van der Waals surface area contributed by atoms with Gasteiger partial charge in [-0.3, -0.25) is 4.55 Å². The van der Waals surface area contributed by atoms with Crippen molar-refractivity contribution in [2.24, 2.45) is 0 Å². The molecule has 0 aliphatic carbocycles. The molecule has 0 aromatic carbocycles. The van der Waals surface area contributed by atoms with Gasteiger partial charge in [0.05, 0.1) is 7.11 Å². The third-order valence-corrected chi connectivity index (χ3v) is 1.28. The van der Waals surface area contributed by atoms with Gasteiger partial charge in [0.1, 0.15) is 0 Å². The summed E-state index contributed by atoms with van der Waals surface area (Å²) in [6.07, 6.45) is 0. The summed E-state index contributed by atoms with van der Waals surface area (Å²) in [4.78, 5) is 10.3. The topological polar surface area (TPSA) is 72.8 Å². The molecule has 0 saturated heterocycles. The Labute approximate surface area is 64.7 Å². The molecule has 60 valence electrons. The monoisotopic (exact) mass is 188 g/mol. The van der Waals surface area contributed by atoms with E-state index in [-0.39, 0.29) is 0 Å². The van der Waals surface area contributed by atoms with Gasteiger partial charge in [0.15, 0.2) is 0 Å². The van der Waals surface area contributed by atoms with Gasteiger partial charge in [-0.25, -0.2) is 8.98 Å². The molecule has 7 heteroatoms. The maximum atomic E-state index is 10.3. The quantitative estimate of drug-likeness (QED) is 0.380. The Bertz CT molecular complexity index is 148. The minimum Gasteiger partial charge on any atom is -0.466 e. The first kappa shape index (κ1) is 9.83. The zero-order valence-electron chi connectivity index (χ0n) is 4.94. The van der Waals surface area contributed by atoms with E-state index in [0.717, 1.165) is 7.11 Å². The molecule has 0 amide bonds. The molecule has 0 rings (SSSR count). The Hall–Kier alpha value is -0.170. The number of hydrogen-bond acceptors (Lipinski definition) is 4. The normalized spacial score (nSPS) is 15.9. The van der Waals surface area contributed by atoms with E-state index in [1.807, 2.05) is 0 Å². The van der Waals surface area contributed by atoms with Crippen molar-refractivity contribution in [3.8, 4) is 0 Å². The van der Waals surface area contributed by atoms with E-state index < -0.39 is 22.9 Å². The molecule has 2 atom stereocenters. The highest BCUT2D eigenvalue weighted by Gasteiger charge is 2.18. The van der Waals surface area contributed by atoms with E-state index in [0.29, 0.717) is 0 Å². The molecule has 1 N–H and O–H groups in total. The maximum Gasteiger partial charge on any atom is 0.352 e. The molecule has 0 aliphatic rings. The van der Waals surface area contributed by atoms with E-state index in [4.69, 9.17) is 16.2 Å². The summed E-state index contributed by atoms with van der Waals surface area (Å²) in [5.41, 5.74) is -1.53. The number of carbonyl (C=O) groups is 1. The zero-order valence-corrected chi connectivity index (χ0v) is 6.52. The molecule has 0 heterocycles. The molecule has 0 fully saturated rings. The average molecular weight is 189 g/mol. The number of hydrogen-bond donors (Lipinski definition) is 1. The van der Waals surface area contributed by atoms with Crippen LogP contribution >= 0.6 is 11.6 Å². The first-order valence-corrected chi connectivity index (χ1v) is 3.54. The summed E-state index contributed by atoms with van der Waals surface area (Å²) >= 11 is 2.53. The van der Waals surface area contributed by atoms with Crippen molar-refractivity contribution >= 4 is 28.9 Å². The molecule has 0 aromatic rings. The summed E-state index contributed by atoms with van der Waals surface area (Å²) in [5.74, 6) is -0.913. The Morgan fingerprint density at radius 1 is 1.80 bits per heavy atom. The fourth-order valence-corrected chi connectivity index (χ4v) is 0.703. The Balaban J connectivity index is 3.72. The molecule has 10 heavy (non-hydrogen) atoms. The number of rotatable bonds is 3. The molecule has 0 aromatic heterocycles. The van der Waals surface area contributed by atoms with Crippen molar-refractivity contribution in [1.82, 2.24) is 0 Å². The van der Waals surface area contributed by atoms with Gasteiger partial charge in [-0.05, 0) is 0 Å². The number of alkyl halides is 1. The van der Waals surface area contributed by atoms with Crippen molar-refractivity contribution in [2.75, 3.05) is 7.11 Å². The largest absolute Gasteiger partial charge is 0.466 e. The number of esters is 1. The average Bonchev–Trinajstić information content (AvgIpc) is 1.85. The van der Waals surface area contributed by atoms with Crippen LogP contribution in [0, 0.1) is 0 Å². The molecule has 0 saturated carbocycles. The first-order valence-electron chi connectivity index (χ1n) is 2.07. The van der Waals surface area contributed by atoms with Crippen molar-refractivity contribution in [2.45, 2.75) is 5.56 Å². The van der Waals surface area contributed by atoms with Gasteiger partial charge in [0.2, 0.25) is 5.56 Å². The fourth-order valence-electron chi connectivity index (χ4n) is 0.204. The Morgan fingerprint density at radius 3 is 2.60 bits per heavy atom. The van der Waals surface area contributed by atoms with Crippen LogP contribution in [0.3, 0.4) is 0 Å². The van der Waals surface area contributed by atoms with Crippen LogP contribution in [-0.4, -0.2) is 27.4 Å². The van der Waals surface area contributed by atoms with E-state index in [1.165, 1.54) is 0 Å². The highest BCUT2D eigenvalue weighted by molar-refractivity contribution is 7.74. The van der Waals surface area contributed by atoms with Gasteiger partial charge in [-0.15, -0.1) is 0 Å². The molecule has 2 unspecified atom stereocenters. The number of methoxy groups -OCH3 is 1. The van der Waals surface area contributed by atoms with Crippen LogP contribution in [0.5, 0.6) is 0 Å². The van der Waals surface area contributed by atoms with Gasteiger partial charge >= 0.3 is 17.3 Å². The highest BCUT2D eigenvalue weighted by Crippen LogP contribution is 2.01. The summed E-state index contributed by atoms with van der Waals surface area (Å²) in [6, 6.07) is 0. The molecular weight excluding hydrogens is 184 g/mol. The minimum absolute atomic E-state index is 0.913. The minimum atomic E-state index is -2.55. The van der Waals surface area contributed by atoms with Crippen LogP contribution in [0.15, 0.2) is 0 Å². The van der Waals surface area contributed by atoms with Gasteiger partial charge in [-0.1, -0.05) is 11.6 Å². The van der Waals surface area contributed by atoms with Crippen LogP contribution in [-0.2, 0) is 25.1 Å². The fraction of sp³-hybridized carbons (Fsp3) is 0.667. The van der Waals surface area contributed by atoms with E-state index in [1.54, 1.807) is 0 Å². The van der Waals surface area contributed by atoms with Gasteiger partial charge < -0.3 is 4.74 Å². The number of halogens is 1. The second-order valence-corrected chi connectivity index (χ2v) is 2.18. The second-order valence-electron chi connectivity index (χ2n) is 1.15. The summed E-state index contributed by atoms with van der Waals surface area (Å²) in [6.45, 7) is 0. The van der Waals surface area contributed by atoms with Crippen molar-refractivity contribution in [1.29, 1.82) is 0 Å². The van der Waals surface area contributed by atoms with Crippen molar-refractivity contribution in [3.05, 3.63) is 0 Å². The summed E-state index contributed by atoms with van der Waals surface area (Å²) in [5, 5.41) is 0. The van der Waals surface area contributed by atoms with E-state index in [9.17, 15) is 9.00 Å². The summed E-state index contributed by atoms with van der Waals surface area (Å²) < 4.78 is 25.8. The molecule has 5 nitrogen and oxygen atoms in total. The van der Waals surface area contributed by atoms with Crippen LogP contribution < -0.4 is 0 Å². The maximum absolute atomic E-state index is 10.3. The Kier molecular flexibility index (Phi) is 4.54. The van der Waals surface area contributed by atoms with E-state index >= 15 is 0 Å². The Morgan fingerprint density at radius 2 is 2.30 bits per heavy atom. The zero-order chi connectivity index (χ0) is 8.15. The van der Waals surface area contributed by atoms with Crippen LogP contribution in [0.25, 0.3) is 0 Å². The smallest absolute Gasteiger partial charge is 0.352 e. The lowest BCUT2D eigenvalue weighted by Crippen LogP contribution is -2.20. The van der Waals surface area contributed by atoms with Crippen molar-refractivity contribution < 1.29 is 22.5 Å².